The van der Waals surface area contributed by atoms with Gasteiger partial charge in [0.1, 0.15) is 54.6 Å². The number of halogens is 1. The Labute approximate surface area is 479 Å². The molecule has 1 aromatic carbocycles. The zero-order chi connectivity index (χ0) is 61.1. The van der Waals surface area contributed by atoms with Crippen molar-refractivity contribution in [1.82, 2.24) is 53.6 Å². The maximum Gasteiger partial charge on any atom is 0.490 e. The predicted molar refractivity (Wildman–Crippen MR) is 283 cm³/mol. The van der Waals surface area contributed by atoms with E-state index in [-0.39, 0.29) is 70.8 Å². The van der Waals surface area contributed by atoms with Crippen LogP contribution in [0.25, 0.3) is 33.5 Å². The second kappa shape index (κ2) is 24.5. The quantitative estimate of drug-likeness (QED) is 0.0248. The molecule has 462 valence electrons. The molecule has 3 aliphatic heterocycles. The number of hydrogen-bond donors (Lipinski definition) is 12. The third-order valence-electron chi connectivity index (χ3n) is 13.6. The number of methoxy groups -OCH3 is 2. The van der Waals surface area contributed by atoms with Gasteiger partial charge < -0.3 is 75.8 Å². The standard InChI is InChI=1S/C41H52ClN15O24P4/c1-71-8-7-19-20(76-37(26(19)58)57-16-54(9-17-3-5-18(42)6-4-17)25-34(57)51-41(45)53-36(25)62)10-74-83(65,66)80-85(69,70)81-84(67,68)75-12-22-29(30(72-2)39(78-22)55-14-48-23-31(43)46-13-47-32(23)55)79-82(63,64)73-11-21-27(59)28(60)38(77-21)56-15-49-24-33(56)50-40(44)52-35(24)61/h3-6,13-16,19-22,26-30,37-39,58-60H,7-12H2,1-2H3,(H11-,43,44,45,46,47,50,51,52,53,61,62,63,64,65,66,67,68,69,70)/p+1/t19-,20-,21-,22-,26-,27-,28-,29-,30-,37?,38-,39-/m1/s1. The number of anilines is 3. The lowest BCUT2D eigenvalue weighted by Gasteiger charge is -2.26. The van der Waals surface area contributed by atoms with Gasteiger partial charge in [-0.1, -0.05) is 28.7 Å². The van der Waals surface area contributed by atoms with Crippen LogP contribution in [0.4, 0.5) is 17.7 Å². The summed E-state index contributed by atoms with van der Waals surface area (Å²) in [6, 6.07) is 6.71. The maximum atomic E-state index is 13.8. The van der Waals surface area contributed by atoms with Crippen molar-refractivity contribution in [2.24, 2.45) is 5.92 Å². The number of H-pyrrole nitrogens is 2. The summed E-state index contributed by atoms with van der Waals surface area (Å²) in [5.41, 5.74) is 16.6. The molecule has 0 radical (unpaired) electrons. The number of nitrogens with zero attached hydrogens (tertiary/aromatic N) is 10. The van der Waals surface area contributed by atoms with Crippen LogP contribution in [-0.2, 0) is 75.2 Å². The fourth-order valence-electron chi connectivity index (χ4n) is 9.80. The summed E-state index contributed by atoms with van der Waals surface area (Å²) >= 11 is 6.06. The zero-order valence-electron chi connectivity index (χ0n) is 43.7. The number of rotatable bonds is 24. The number of aliphatic hydroxyl groups is 3. The summed E-state index contributed by atoms with van der Waals surface area (Å²) in [4.78, 5) is 97.9. The first-order chi connectivity index (χ1) is 40.2. The molecule has 44 heteroatoms. The monoisotopic (exact) mass is 1300 g/mol. The molecule has 0 spiro atoms. The van der Waals surface area contributed by atoms with Crippen LogP contribution in [0.15, 0.2) is 59.2 Å². The van der Waals surface area contributed by atoms with Crippen LogP contribution in [0.2, 0.25) is 5.02 Å². The number of aliphatic hydroxyl groups excluding tert-OH is 3. The van der Waals surface area contributed by atoms with Crippen LogP contribution in [0.3, 0.4) is 0 Å². The third kappa shape index (κ3) is 13.3. The fraction of sp³-hybridized carbons (Fsp3) is 0.488. The van der Waals surface area contributed by atoms with Crippen LogP contribution in [0.1, 0.15) is 30.7 Å². The SMILES string of the molecule is COCC[C@@H]1[C@@H](COP(=O)(O)OP(=O)(O)OP(=O)(O)OC[C@H]2O[C@@H](n3cnc4c(N)ncnc43)[C@H](OC)[C@@H]2OP(=O)(O)OC[C@H]2O[C@@H](n3cnc4c(=O)[nH]c(N)nc43)[C@H](O)[C@@H]2O)OC([n+]2cn(Cc3ccc(Cl)cc3)c3c(=O)[nH]c(N)nc32)[C@@H]1O. The first kappa shape index (κ1) is 62.4. The molecule has 3 fully saturated rings. The van der Waals surface area contributed by atoms with E-state index in [1.165, 1.54) is 27.1 Å². The average Bonchev–Trinajstić information content (AvgIpc) is 2.01. The van der Waals surface area contributed by atoms with Crippen molar-refractivity contribution in [1.29, 1.82) is 0 Å². The topological polar surface area (TPSA) is 551 Å². The van der Waals surface area contributed by atoms with Crippen LogP contribution in [0.5, 0.6) is 0 Å². The number of nitrogen functional groups attached to an aromatic ring is 3. The normalized spacial score (nSPS) is 28.3. The summed E-state index contributed by atoms with van der Waals surface area (Å²) < 4.78 is 117. The lowest BCUT2D eigenvalue weighted by atomic mass is 9.95. The van der Waals surface area contributed by atoms with E-state index < -0.39 is 136 Å². The zero-order valence-corrected chi connectivity index (χ0v) is 48.1. The van der Waals surface area contributed by atoms with E-state index >= 15 is 0 Å². The lowest BCUT2D eigenvalue weighted by molar-refractivity contribution is -0.746. The van der Waals surface area contributed by atoms with Crippen LogP contribution in [-0.4, -0.2) is 178 Å². The Morgan fingerprint density at radius 2 is 1.31 bits per heavy atom. The molecule has 0 saturated carbocycles. The van der Waals surface area contributed by atoms with Gasteiger partial charge in [-0.05, 0) is 24.1 Å². The van der Waals surface area contributed by atoms with Gasteiger partial charge in [-0.2, -0.15) is 13.6 Å². The number of fused-ring (bicyclic) bond motifs is 3. The van der Waals surface area contributed by atoms with Gasteiger partial charge in [0.05, 0.1) is 45.1 Å². The van der Waals surface area contributed by atoms with E-state index in [4.69, 9.17) is 70.6 Å². The van der Waals surface area contributed by atoms with Gasteiger partial charge in [0, 0.05) is 31.8 Å². The minimum absolute atomic E-state index is 0.00484. The maximum absolute atomic E-state index is 13.8. The Morgan fingerprint density at radius 1 is 0.694 bits per heavy atom. The third-order valence-corrected chi connectivity index (χ3v) is 19.1. The van der Waals surface area contributed by atoms with Crippen molar-refractivity contribution in [2.75, 3.05) is 57.8 Å². The highest BCUT2D eigenvalue weighted by Crippen LogP contribution is 2.68. The predicted octanol–water partition coefficient (Wildman–Crippen LogP) is -1.25. The van der Waals surface area contributed by atoms with E-state index in [1.54, 1.807) is 24.3 Å². The molecule has 16 atom stereocenters. The molecular weight excluding hydrogens is 1250 g/mol. The van der Waals surface area contributed by atoms with Crippen molar-refractivity contribution in [2.45, 2.75) is 80.5 Å². The second-order valence-electron chi connectivity index (χ2n) is 19.1. The number of imidazole rings is 3. The molecule has 39 nitrogen and oxygen atoms in total. The van der Waals surface area contributed by atoms with Gasteiger partial charge in [-0.15, -0.1) is 0 Å². The lowest BCUT2D eigenvalue weighted by Crippen LogP contribution is -2.45. The molecule has 0 bridgehead atoms. The largest absolute Gasteiger partial charge is 0.490 e. The summed E-state index contributed by atoms with van der Waals surface area (Å²) in [5.74, 6) is -1.67. The minimum Gasteiger partial charge on any atom is -0.387 e. The second-order valence-corrected chi connectivity index (χ2v) is 25.5. The number of aromatic nitrogens is 12. The van der Waals surface area contributed by atoms with Crippen molar-refractivity contribution >= 4 is 94.1 Å². The molecule has 7 aromatic rings. The summed E-state index contributed by atoms with van der Waals surface area (Å²) in [5, 5.41) is 34.0. The number of ether oxygens (including phenoxy) is 5. The average molecular weight is 1300 g/mol. The number of benzene rings is 1. The molecule has 3 saturated heterocycles. The minimum atomic E-state index is -6.22. The molecule has 0 amide bonds. The van der Waals surface area contributed by atoms with Gasteiger partial charge in [-0.25, -0.2) is 42.8 Å². The molecule has 6 aromatic heterocycles. The van der Waals surface area contributed by atoms with Crippen molar-refractivity contribution in [3.05, 3.63) is 80.9 Å². The fourth-order valence-corrected chi connectivity index (χ4v) is 14.4. The van der Waals surface area contributed by atoms with E-state index in [0.29, 0.717) is 10.6 Å². The molecule has 15 N–H and O–H groups in total. The Hall–Kier alpha value is -5.64. The van der Waals surface area contributed by atoms with Gasteiger partial charge in [0.15, 0.2) is 41.4 Å². The Morgan fingerprint density at radius 3 is 1.99 bits per heavy atom. The smallest absolute Gasteiger partial charge is 0.387 e. The van der Waals surface area contributed by atoms with E-state index in [1.807, 2.05) is 0 Å². The van der Waals surface area contributed by atoms with Crippen LogP contribution >= 0.6 is 42.9 Å². The number of nitrogens with one attached hydrogen (secondary N) is 2. The highest BCUT2D eigenvalue weighted by atomic mass is 35.5. The Balaban J connectivity index is 0.813. The van der Waals surface area contributed by atoms with E-state index in [2.05, 4.69) is 48.5 Å². The summed E-state index contributed by atoms with van der Waals surface area (Å²) in [6.45, 7) is -3.10. The molecular formula is C41H53ClN15O24P4+. The molecule has 0 aliphatic carbocycles. The van der Waals surface area contributed by atoms with Gasteiger partial charge >= 0.3 is 36.9 Å². The number of hydrogen-bond acceptors (Lipinski definition) is 29. The van der Waals surface area contributed by atoms with Gasteiger partial charge in [0.25, 0.3) is 17.1 Å². The molecule has 9 heterocycles. The highest BCUT2D eigenvalue weighted by Gasteiger charge is 2.54. The highest BCUT2D eigenvalue weighted by molar-refractivity contribution is 7.66. The Kier molecular flexibility index (Phi) is 18.0. The Bertz CT molecular complexity index is 3930. The summed E-state index contributed by atoms with van der Waals surface area (Å²) in [7, 11) is -21.0. The number of aromatic amines is 2. The number of nitrogens with two attached hydrogens (primary N) is 3. The number of phosphoric acid groups is 4. The number of phosphoric ester groups is 3. The first-order valence-corrected chi connectivity index (χ1v) is 31.1. The van der Waals surface area contributed by atoms with Crippen molar-refractivity contribution in [3.8, 4) is 0 Å². The van der Waals surface area contributed by atoms with Crippen LogP contribution < -0.4 is 32.9 Å². The van der Waals surface area contributed by atoms with Gasteiger partial charge in [0.2, 0.25) is 17.7 Å². The molecule has 85 heavy (non-hydrogen) atoms. The van der Waals surface area contributed by atoms with Crippen LogP contribution in [0, 0.1) is 5.92 Å². The first-order valence-electron chi connectivity index (χ1n) is 24.7. The summed E-state index contributed by atoms with van der Waals surface area (Å²) in [6.07, 6.45) is -12.9. The van der Waals surface area contributed by atoms with E-state index in [9.17, 15) is 62.7 Å². The van der Waals surface area contributed by atoms with Gasteiger partial charge in [-0.3, -0.25) is 51.4 Å². The van der Waals surface area contributed by atoms with Crippen molar-refractivity contribution < 1.29 is 108 Å². The van der Waals surface area contributed by atoms with E-state index in [0.717, 1.165) is 30.7 Å². The van der Waals surface area contributed by atoms with Crippen molar-refractivity contribution in [3.63, 3.8) is 0 Å². The molecule has 3 aliphatic rings. The molecule has 5 unspecified atom stereocenters. The molecule has 10 rings (SSSR count).